The first-order chi connectivity index (χ1) is 17.0. The molecule has 36 heavy (non-hydrogen) atoms. The molecule has 0 radical (unpaired) electrons. The number of hydrogen-bond donors (Lipinski definition) is 1. The van der Waals surface area contributed by atoms with Crippen LogP contribution in [0.4, 0.5) is 17.1 Å². The molecule has 1 heterocycles. The lowest BCUT2D eigenvalue weighted by atomic mass is 10.2. The first-order valence-corrected chi connectivity index (χ1v) is 10.2. The maximum atomic E-state index is 12.4. The summed E-state index contributed by atoms with van der Waals surface area (Å²) in [7, 11) is 0. The smallest absolute Gasteiger partial charge is 0.318 e. The van der Waals surface area contributed by atoms with Crippen LogP contribution in [0.2, 0.25) is 0 Å². The van der Waals surface area contributed by atoms with Gasteiger partial charge in [-0.25, -0.2) is 5.43 Å². The number of nitrogens with zero attached hydrogens (tertiary/aromatic N) is 6. The Labute approximate surface area is 202 Å². The van der Waals surface area contributed by atoms with E-state index in [-0.39, 0.29) is 28.6 Å². The van der Waals surface area contributed by atoms with Crippen molar-refractivity contribution in [3.63, 3.8) is 0 Å². The molecule has 1 amide bonds. The van der Waals surface area contributed by atoms with Crippen LogP contribution < -0.4 is 10.2 Å². The molecule has 1 unspecified atom stereocenters. The summed E-state index contributed by atoms with van der Waals surface area (Å²) in [6.45, 7) is 4.51. The summed E-state index contributed by atoms with van der Waals surface area (Å²) in [4.78, 5) is 43.6. The highest BCUT2D eigenvalue weighted by Crippen LogP contribution is 2.34. The number of carbonyl (C=O) groups is 1. The van der Waals surface area contributed by atoms with Crippen LogP contribution >= 0.6 is 0 Å². The van der Waals surface area contributed by atoms with Gasteiger partial charge in [-0.05, 0) is 56.7 Å². The molecule has 1 aromatic heterocycles. The summed E-state index contributed by atoms with van der Waals surface area (Å²) >= 11 is 0. The molecule has 186 valence electrons. The number of aromatic nitrogens is 2. The van der Waals surface area contributed by atoms with Gasteiger partial charge in [-0.2, -0.15) is 10.2 Å². The van der Waals surface area contributed by atoms with Crippen LogP contribution in [0, 0.1) is 44.2 Å². The van der Waals surface area contributed by atoms with E-state index in [0.29, 0.717) is 5.56 Å². The largest absolute Gasteiger partial charge is 0.450 e. The van der Waals surface area contributed by atoms with Gasteiger partial charge in [0.1, 0.15) is 23.2 Å². The molecule has 0 fully saturated rings. The van der Waals surface area contributed by atoms with Crippen molar-refractivity contribution in [1.82, 2.24) is 15.2 Å². The second-order valence-corrected chi connectivity index (χ2v) is 7.47. The van der Waals surface area contributed by atoms with E-state index in [1.165, 1.54) is 43.8 Å². The van der Waals surface area contributed by atoms with Crippen molar-refractivity contribution in [2.45, 2.75) is 26.8 Å². The van der Waals surface area contributed by atoms with Gasteiger partial charge in [0.05, 0.1) is 27.1 Å². The maximum absolute atomic E-state index is 12.4. The molecular formula is C21H19N7O8. The van der Waals surface area contributed by atoms with Gasteiger partial charge in [0.15, 0.2) is 0 Å². The number of carbonyl (C=O) groups excluding carboxylic acids is 1. The Balaban J connectivity index is 1.66. The van der Waals surface area contributed by atoms with Gasteiger partial charge in [-0.1, -0.05) is 0 Å². The lowest BCUT2D eigenvalue weighted by Crippen LogP contribution is -2.28. The van der Waals surface area contributed by atoms with Crippen LogP contribution in [-0.4, -0.2) is 36.7 Å². The first-order valence-electron chi connectivity index (χ1n) is 10.2. The van der Waals surface area contributed by atoms with Crippen molar-refractivity contribution in [2.24, 2.45) is 5.10 Å². The number of benzene rings is 2. The Morgan fingerprint density at radius 2 is 1.72 bits per heavy atom. The van der Waals surface area contributed by atoms with Crippen LogP contribution in [0.5, 0.6) is 11.5 Å². The van der Waals surface area contributed by atoms with E-state index in [4.69, 9.17) is 4.74 Å². The number of amides is 1. The van der Waals surface area contributed by atoms with E-state index in [2.05, 4.69) is 15.6 Å². The van der Waals surface area contributed by atoms with E-state index in [1.807, 2.05) is 0 Å². The van der Waals surface area contributed by atoms with E-state index in [1.54, 1.807) is 12.1 Å². The molecule has 15 heteroatoms. The number of hydrogen-bond acceptors (Lipinski definition) is 10. The molecule has 1 N–H and O–H groups in total. The third kappa shape index (κ3) is 5.46. The molecule has 1 atom stereocenters. The van der Waals surface area contributed by atoms with Gasteiger partial charge < -0.3 is 4.74 Å². The Kier molecular flexibility index (Phi) is 7.32. The molecule has 0 aliphatic rings. The standard InChI is InChI=1S/C21H19N7O8/c1-12-20(28(34)35)13(2)25(24-12)14(3)21(29)23-22-11-15-4-7-17(8-5-15)36-19-9-6-16(26(30)31)10-18(19)27(32)33/h4-11,14H,1-3H3,(H,23,29). The highest BCUT2D eigenvalue weighted by atomic mass is 16.6. The second-order valence-electron chi connectivity index (χ2n) is 7.47. The molecule has 0 bridgehead atoms. The Bertz CT molecular complexity index is 1380. The third-order valence-electron chi connectivity index (χ3n) is 5.06. The summed E-state index contributed by atoms with van der Waals surface area (Å²) in [6, 6.07) is 8.30. The molecule has 2 aromatic carbocycles. The van der Waals surface area contributed by atoms with E-state index < -0.39 is 38.1 Å². The van der Waals surface area contributed by atoms with Crippen molar-refractivity contribution in [3.05, 3.63) is 89.8 Å². The van der Waals surface area contributed by atoms with Gasteiger partial charge in [0, 0.05) is 6.07 Å². The molecule has 0 saturated carbocycles. The normalized spacial score (nSPS) is 11.8. The zero-order valence-corrected chi connectivity index (χ0v) is 19.1. The molecule has 0 aliphatic carbocycles. The lowest BCUT2D eigenvalue weighted by molar-refractivity contribution is -0.394. The fourth-order valence-electron chi connectivity index (χ4n) is 3.27. The van der Waals surface area contributed by atoms with Crippen molar-refractivity contribution in [1.29, 1.82) is 0 Å². The summed E-state index contributed by atoms with van der Waals surface area (Å²) < 4.78 is 6.74. The molecule has 0 spiro atoms. The Morgan fingerprint density at radius 3 is 2.28 bits per heavy atom. The molecule has 3 aromatic rings. The molecule has 15 nitrogen and oxygen atoms in total. The van der Waals surface area contributed by atoms with Crippen molar-refractivity contribution in [3.8, 4) is 11.5 Å². The minimum absolute atomic E-state index is 0.153. The lowest BCUT2D eigenvalue weighted by Gasteiger charge is -2.11. The minimum atomic E-state index is -0.859. The van der Waals surface area contributed by atoms with Crippen LogP contribution in [0.25, 0.3) is 0 Å². The predicted molar refractivity (Wildman–Crippen MR) is 125 cm³/mol. The zero-order valence-electron chi connectivity index (χ0n) is 19.1. The number of hydrazone groups is 1. The number of rotatable bonds is 9. The average molecular weight is 497 g/mol. The molecule has 3 rings (SSSR count). The summed E-state index contributed by atoms with van der Waals surface area (Å²) in [5.74, 6) is -0.484. The summed E-state index contributed by atoms with van der Waals surface area (Å²) in [5.41, 5.74) is 2.19. The van der Waals surface area contributed by atoms with E-state index in [9.17, 15) is 35.1 Å². The topological polar surface area (TPSA) is 198 Å². The highest BCUT2D eigenvalue weighted by molar-refractivity contribution is 5.84. The first kappa shape index (κ1) is 25.4. The highest BCUT2D eigenvalue weighted by Gasteiger charge is 2.27. The van der Waals surface area contributed by atoms with Gasteiger partial charge in [0.2, 0.25) is 5.75 Å². The van der Waals surface area contributed by atoms with Crippen LogP contribution in [-0.2, 0) is 4.79 Å². The van der Waals surface area contributed by atoms with Crippen molar-refractivity contribution >= 4 is 29.2 Å². The number of nitro benzene ring substituents is 2. The zero-order chi connectivity index (χ0) is 26.6. The van der Waals surface area contributed by atoms with Gasteiger partial charge in [-0.15, -0.1) is 0 Å². The Morgan fingerprint density at radius 1 is 1.06 bits per heavy atom. The van der Waals surface area contributed by atoms with Gasteiger partial charge in [-0.3, -0.25) is 39.8 Å². The third-order valence-corrected chi connectivity index (χ3v) is 5.06. The predicted octanol–water partition coefficient (Wildman–Crippen LogP) is 3.73. The SMILES string of the molecule is Cc1nn(C(C)C(=O)NN=Cc2ccc(Oc3ccc([N+](=O)[O-])cc3[N+](=O)[O-])cc2)c(C)c1[N+](=O)[O-]. The number of non-ortho nitro benzene ring substituents is 1. The number of nitro groups is 3. The van der Waals surface area contributed by atoms with Gasteiger partial charge in [0.25, 0.3) is 11.6 Å². The van der Waals surface area contributed by atoms with Crippen LogP contribution in [0.3, 0.4) is 0 Å². The summed E-state index contributed by atoms with van der Waals surface area (Å²) in [6.07, 6.45) is 1.34. The minimum Gasteiger partial charge on any atom is -0.450 e. The van der Waals surface area contributed by atoms with Crippen molar-refractivity contribution in [2.75, 3.05) is 0 Å². The monoisotopic (exact) mass is 497 g/mol. The van der Waals surface area contributed by atoms with E-state index >= 15 is 0 Å². The van der Waals surface area contributed by atoms with Crippen LogP contribution in [0.1, 0.15) is 29.9 Å². The number of ether oxygens (including phenoxy) is 1. The van der Waals surface area contributed by atoms with Crippen molar-refractivity contribution < 1.29 is 24.3 Å². The summed E-state index contributed by atoms with van der Waals surface area (Å²) in [5, 5.41) is 41.2. The molecule has 0 saturated heterocycles. The second kappa shape index (κ2) is 10.4. The fourth-order valence-corrected chi connectivity index (χ4v) is 3.27. The average Bonchev–Trinajstić information content (AvgIpc) is 3.13. The molecular weight excluding hydrogens is 478 g/mol. The van der Waals surface area contributed by atoms with Crippen LogP contribution in [0.15, 0.2) is 47.6 Å². The van der Waals surface area contributed by atoms with Gasteiger partial charge >= 0.3 is 11.4 Å². The maximum Gasteiger partial charge on any atom is 0.318 e. The number of nitrogens with one attached hydrogen (secondary N) is 1. The quantitative estimate of drug-likeness (QED) is 0.260. The number of aryl methyl sites for hydroxylation is 1. The Hall–Kier alpha value is -5.21. The van der Waals surface area contributed by atoms with E-state index in [0.717, 1.165) is 18.2 Å². The molecule has 0 aliphatic heterocycles. The fraction of sp³-hybridized carbons (Fsp3) is 0.190.